The van der Waals surface area contributed by atoms with Crippen LogP contribution in [-0.2, 0) is 6.42 Å². The van der Waals surface area contributed by atoms with Gasteiger partial charge >= 0.3 is 6.09 Å². The van der Waals surface area contributed by atoms with E-state index in [9.17, 15) is 9.90 Å². The largest absolute Gasteiger partial charge is 0.463 e. The standard InChI is InChI=1S/C18H19N3O3/c1-3-13-8-7-11-15-16(13)20-17(19-15)12(2)21(18(22)23)24-14-9-5-4-6-10-14/h4-12H,3H2,1-2H3,(H,19,20)(H,22,23). The quantitative estimate of drug-likeness (QED) is 0.690. The van der Waals surface area contributed by atoms with Crippen molar-refractivity contribution in [3.05, 3.63) is 59.9 Å². The SMILES string of the molecule is CCc1cccc2[nH]c(C(C)N(Oc3ccccc3)C(=O)O)nc12. The van der Waals surface area contributed by atoms with Gasteiger partial charge < -0.3 is 14.9 Å². The fraction of sp³-hybridized carbons (Fsp3) is 0.222. The molecule has 0 saturated carbocycles. The van der Waals surface area contributed by atoms with Crippen LogP contribution in [0.3, 0.4) is 0 Å². The van der Waals surface area contributed by atoms with Gasteiger partial charge in [-0.2, -0.15) is 0 Å². The molecule has 1 amide bonds. The van der Waals surface area contributed by atoms with Crippen molar-refractivity contribution >= 4 is 17.1 Å². The van der Waals surface area contributed by atoms with Gasteiger partial charge in [0.05, 0.1) is 11.0 Å². The number of hydrogen-bond acceptors (Lipinski definition) is 3. The molecule has 6 nitrogen and oxygen atoms in total. The highest BCUT2D eigenvalue weighted by molar-refractivity contribution is 5.79. The Bertz CT molecular complexity index is 845. The van der Waals surface area contributed by atoms with Crippen LogP contribution >= 0.6 is 0 Å². The van der Waals surface area contributed by atoms with E-state index in [1.165, 1.54) is 0 Å². The number of benzene rings is 2. The van der Waals surface area contributed by atoms with Crippen LogP contribution in [0.5, 0.6) is 5.75 Å². The molecule has 0 saturated heterocycles. The first-order valence-electron chi connectivity index (χ1n) is 7.82. The molecule has 0 aliphatic carbocycles. The van der Waals surface area contributed by atoms with E-state index in [2.05, 4.69) is 16.9 Å². The number of hydroxylamine groups is 2. The summed E-state index contributed by atoms with van der Waals surface area (Å²) < 4.78 is 0. The van der Waals surface area contributed by atoms with Gasteiger partial charge in [-0.1, -0.05) is 37.3 Å². The highest BCUT2D eigenvalue weighted by Gasteiger charge is 2.26. The molecule has 0 radical (unpaired) electrons. The predicted octanol–water partition coefficient (Wildman–Crippen LogP) is 4.16. The van der Waals surface area contributed by atoms with Gasteiger partial charge in [0.25, 0.3) is 0 Å². The first-order valence-corrected chi connectivity index (χ1v) is 7.82. The zero-order valence-corrected chi connectivity index (χ0v) is 13.6. The van der Waals surface area contributed by atoms with Crippen molar-refractivity contribution in [3.63, 3.8) is 0 Å². The van der Waals surface area contributed by atoms with Crippen LogP contribution in [0, 0.1) is 0 Å². The molecule has 3 aromatic rings. The summed E-state index contributed by atoms with van der Waals surface area (Å²) in [6, 6.07) is 14.2. The number of hydrogen-bond donors (Lipinski definition) is 2. The normalized spacial score (nSPS) is 12.1. The zero-order valence-electron chi connectivity index (χ0n) is 13.6. The maximum atomic E-state index is 11.6. The monoisotopic (exact) mass is 325 g/mol. The number of aryl methyl sites for hydroxylation is 1. The van der Waals surface area contributed by atoms with E-state index in [-0.39, 0.29) is 0 Å². The number of nitrogens with one attached hydrogen (secondary N) is 1. The summed E-state index contributed by atoms with van der Waals surface area (Å²) in [5.74, 6) is 1.00. The van der Waals surface area contributed by atoms with Crippen LogP contribution in [0.2, 0.25) is 0 Å². The van der Waals surface area contributed by atoms with Crippen LogP contribution in [0.25, 0.3) is 11.0 Å². The van der Waals surface area contributed by atoms with Crippen LogP contribution in [0.1, 0.15) is 31.3 Å². The number of fused-ring (bicyclic) bond motifs is 1. The Morgan fingerprint density at radius 3 is 2.67 bits per heavy atom. The molecule has 1 unspecified atom stereocenters. The maximum absolute atomic E-state index is 11.6. The van der Waals surface area contributed by atoms with Crippen LogP contribution < -0.4 is 4.84 Å². The number of carboxylic acid groups (broad SMARTS) is 1. The molecular weight excluding hydrogens is 306 g/mol. The molecule has 2 aromatic carbocycles. The van der Waals surface area contributed by atoms with Crippen molar-refractivity contribution in [3.8, 4) is 5.75 Å². The molecule has 2 N–H and O–H groups in total. The van der Waals surface area contributed by atoms with E-state index >= 15 is 0 Å². The number of carbonyl (C=O) groups is 1. The molecule has 0 spiro atoms. The molecule has 124 valence electrons. The molecule has 1 heterocycles. The summed E-state index contributed by atoms with van der Waals surface area (Å²) in [5, 5.41) is 10.4. The summed E-state index contributed by atoms with van der Waals surface area (Å²) in [6.07, 6.45) is -0.318. The molecule has 1 atom stereocenters. The topological polar surface area (TPSA) is 78.5 Å². The van der Waals surface area contributed by atoms with Gasteiger partial charge in [0.1, 0.15) is 11.9 Å². The summed E-state index contributed by atoms with van der Waals surface area (Å²) in [5.41, 5.74) is 2.88. The average Bonchev–Trinajstić information content (AvgIpc) is 3.04. The summed E-state index contributed by atoms with van der Waals surface area (Å²) in [7, 11) is 0. The molecule has 1 aromatic heterocycles. The molecule has 3 rings (SSSR count). The lowest BCUT2D eigenvalue weighted by Gasteiger charge is -2.24. The summed E-state index contributed by atoms with van der Waals surface area (Å²) in [4.78, 5) is 24.9. The van der Waals surface area contributed by atoms with E-state index in [4.69, 9.17) is 4.84 Å². The van der Waals surface area contributed by atoms with Gasteiger partial charge in [0.2, 0.25) is 0 Å². The van der Waals surface area contributed by atoms with Gasteiger partial charge in [0.15, 0.2) is 5.75 Å². The van der Waals surface area contributed by atoms with Gasteiger partial charge in [-0.25, -0.2) is 9.78 Å². The minimum absolute atomic E-state index is 0.456. The Morgan fingerprint density at radius 1 is 1.25 bits per heavy atom. The number of nitrogens with zero attached hydrogens (tertiary/aromatic N) is 2. The number of para-hydroxylation sites is 2. The Morgan fingerprint density at radius 2 is 2.00 bits per heavy atom. The Hall–Kier alpha value is -3.02. The Kier molecular flexibility index (Phi) is 4.37. The van der Waals surface area contributed by atoms with E-state index in [1.807, 2.05) is 24.3 Å². The second kappa shape index (κ2) is 6.62. The van der Waals surface area contributed by atoms with Gasteiger partial charge in [-0.3, -0.25) is 0 Å². The lowest BCUT2D eigenvalue weighted by Crippen LogP contribution is -2.35. The highest BCUT2D eigenvalue weighted by Crippen LogP contribution is 2.25. The van der Waals surface area contributed by atoms with Gasteiger partial charge in [-0.05, 0) is 37.1 Å². The molecular formula is C18H19N3O3. The second-order valence-corrected chi connectivity index (χ2v) is 5.48. The number of H-pyrrole nitrogens is 1. The van der Waals surface area contributed by atoms with Gasteiger partial charge in [-0.15, -0.1) is 5.06 Å². The lowest BCUT2D eigenvalue weighted by atomic mass is 10.1. The third-order valence-electron chi connectivity index (χ3n) is 3.88. The van der Waals surface area contributed by atoms with E-state index < -0.39 is 12.1 Å². The molecule has 0 aliphatic heterocycles. The van der Waals surface area contributed by atoms with E-state index in [0.717, 1.165) is 28.1 Å². The highest BCUT2D eigenvalue weighted by atomic mass is 16.7. The van der Waals surface area contributed by atoms with Crippen LogP contribution in [0.4, 0.5) is 4.79 Å². The average molecular weight is 325 g/mol. The van der Waals surface area contributed by atoms with Crippen molar-refractivity contribution in [2.45, 2.75) is 26.3 Å². The number of aromatic nitrogens is 2. The van der Waals surface area contributed by atoms with Crippen molar-refractivity contribution in [1.29, 1.82) is 0 Å². The fourth-order valence-corrected chi connectivity index (χ4v) is 2.58. The summed E-state index contributed by atoms with van der Waals surface area (Å²) >= 11 is 0. The number of imidazole rings is 1. The number of rotatable bonds is 5. The van der Waals surface area contributed by atoms with E-state index in [1.54, 1.807) is 31.2 Å². The minimum Gasteiger partial charge on any atom is -0.463 e. The van der Waals surface area contributed by atoms with Gasteiger partial charge in [0, 0.05) is 0 Å². The fourth-order valence-electron chi connectivity index (χ4n) is 2.58. The molecule has 6 heteroatoms. The predicted molar refractivity (Wildman–Crippen MR) is 90.8 cm³/mol. The van der Waals surface area contributed by atoms with E-state index in [0.29, 0.717) is 11.6 Å². The number of amides is 1. The van der Waals surface area contributed by atoms with Crippen molar-refractivity contribution in [2.24, 2.45) is 0 Å². The minimum atomic E-state index is -1.18. The molecule has 0 fully saturated rings. The van der Waals surface area contributed by atoms with Crippen molar-refractivity contribution in [1.82, 2.24) is 15.0 Å². The Balaban J connectivity index is 1.93. The lowest BCUT2D eigenvalue weighted by molar-refractivity contribution is -0.0670. The third kappa shape index (κ3) is 3.03. The molecule has 24 heavy (non-hydrogen) atoms. The van der Waals surface area contributed by atoms with Crippen LogP contribution in [0.15, 0.2) is 48.5 Å². The molecule has 0 aliphatic rings. The van der Waals surface area contributed by atoms with Crippen molar-refractivity contribution < 1.29 is 14.7 Å². The third-order valence-corrected chi connectivity index (χ3v) is 3.88. The number of aromatic amines is 1. The second-order valence-electron chi connectivity index (χ2n) is 5.48. The van der Waals surface area contributed by atoms with Crippen molar-refractivity contribution in [2.75, 3.05) is 0 Å². The maximum Gasteiger partial charge on any atom is 0.441 e. The zero-order chi connectivity index (χ0) is 17.1. The first-order chi connectivity index (χ1) is 11.6. The molecule has 0 bridgehead atoms. The van der Waals surface area contributed by atoms with Crippen LogP contribution in [-0.4, -0.2) is 26.2 Å². The smallest absolute Gasteiger partial charge is 0.441 e. The Labute approximate surface area is 139 Å². The first kappa shape index (κ1) is 15.9. The summed E-state index contributed by atoms with van der Waals surface area (Å²) in [6.45, 7) is 3.80.